The highest BCUT2D eigenvalue weighted by molar-refractivity contribution is 5.82. The summed E-state index contributed by atoms with van der Waals surface area (Å²) in [5, 5.41) is 13.1. The van der Waals surface area contributed by atoms with Crippen LogP contribution < -0.4 is 0 Å². The summed E-state index contributed by atoms with van der Waals surface area (Å²) < 4.78 is 9.18. The third-order valence-corrected chi connectivity index (χ3v) is 8.30. The van der Waals surface area contributed by atoms with E-state index < -0.39 is 5.41 Å². The van der Waals surface area contributed by atoms with Crippen LogP contribution >= 0.6 is 0 Å². The molecule has 38 heavy (non-hydrogen) atoms. The minimum absolute atomic E-state index is 0.209. The van der Waals surface area contributed by atoms with Crippen molar-refractivity contribution < 1.29 is 9.53 Å². The number of fused-ring (bicyclic) bond motifs is 1. The molecule has 0 aliphatic carbocycles. The number of nitrogens with zero attached hydrogens (tertiary/aromatic N) is 6. The fourth-order valence-electron chi connectivity index (χ4n) is 6.10. The largest absolute Gasteiger partial charge is 0.469 e. The summed E-state index contributed by atoms with van der Waals surface area (Å²) in [4.78, 5) is 15.7. The first-order valence-electron chi connectivity index (χ1n) is 13.4. The van der Waals surface area contributed by atoms with Crippen LogP contribution in [-0.2, 0) is 23.1 Å². The summed E-state index contributed by atoms with van der Waals surface area (Å²) >= 11 is 0. The van der Waals surface area contributed by atoms with Gasteiger partial charge in [0.15, 0.2) is 0 Å². The summed E-state index contributed by atoms with van der Waals surface area (Å²) in [6.45, 7) is 11.1. The minimum atomic E-state index is -0.793. The highest BCUT2D eigenvalue weighted by Gasteiger charge is 2.41. The van der Waals surface area contributed by atoms with Gasteiger partial charge in [0, 0.05) is 38.4 Å². The normalized spacial score (nSPS) is 17.6. The molecule has 0 spiro atoms. The van der Waals surface area contributed by atoms with Gasteiger partial charge in [0.1, 0.15) is 5.52 Å². The van der Waals surface area contributed by atoms with Crippen molar-refractivity contribution in [3.05, 3.63) is 76.6 Å². The van der Waals surface area contributed by atoms with Gasteiger partial charge in [-0.25, -0.2) is 4.68 Å². The maximum atomic E-state index is 13.1. The van der Waals surface area contributed by atoms with Gasteiger partial charge in [0.05, 0.1) is 24.1 Å². The molecular formula is C30H38N6O2. The van der Waals surface area contributed by atoms with Crippen LogP contribution in [0, 0.1) is 19.3 Å². The summed E-state index contributed by atoms with van der Waals surface area (Å²) in [5.74, 6) is -0.444. The Bertz CT molecular complexity index is 1440. The van der Waals surface area contributed by atoms with E-state index in [1.54, 1.807) is 4.68 Å². The average molecular weight is 515 g/mol. The number of piperidine rings is 1. The number of esters is 1. The maximum absolute atomic E-state index is 13.1. The number of likely N-dealkylation sites (tertiary alicyclic amines) is 1. The molecule has 2 unspecified atom stereocenters. The van der Waals surface area contributed by atoms with Crippen molar-refractivity contribution in [3.63, 3.8) is 0 Å². The fourth-order valence-corrected chi connectivity index (χ4v) is 6.10. The number of methoxy groups -OCH3 is 1. The van der Waals surface area contributed by atoms with Gasteiger partial charge in [-0.05, 0) is 87.0 Å². The molecule has 200 valence electrons. The SMILES string of the molecule is COC(=O)C(C)(C)C(c1ccc(C)c(CN2CCCC(n3cccn3)C2)c1)c1ccc2c(nnn2C)c1C. The predicted molar refractivity (Wildman–Crippen MR) is 148 cm³/mol. The molecule has 1 saturated heterocycles. The second-order valence-electron chi connectivity index (χ2n) is 11.2. The van der Waals surface area contributed by atoms with Crippen LogP contribution in [0.2, 0.25) is 0 Å². The molecule has 8 nitrogen and oxygen atoms in total. The lowest BCUT2D eigenvalue weighted by Gasteiger charge is -2.35. The van der Waals surface area contributed by atoms with Crippen LogP contribution in [0.15, 0.2) is 48.8 Å². The standard InChI is InChI=1S/C30H38N6O2/c1-20-10-11-22(17-23(20)18-35-15-7-9-24(19-35)36-16-8-14-31-36)27(30(3,4)29(37)38-6)25-12-13-26-28(21(25)2)32-33-34(26)5/h8,10-14,16-17,24,27H,7,9,15,18-19H2,1-6H3. The Morgan fingerprint density at radius 2 is 2.03 bits per heavy atom. The topological polar surface area (TPSA) is 78.1 Å². The number of rotatable bonds is 7. The van der Waals surface area contributed by atoms with Gasteiger partial charge in [-0.15, -0.1) is 5.10 Å². The first-order valence-corrected chi connectivity index (χ1v) is 13.4. The summed E-state index contributed by atoms with van der Waals surface area (Å²) in [5.41, 5.74) is 6.80. The first kappa shape index (κ1) is 26.1. The number of benzene rings is 2. The van der Waals surface area contributed by atoms with Crippen molar-refractivity contribution in [1.29, 1.82) is 0 Å². The second kappa shape index (κ2) is 10.3. The Morgan fingerprint density at radius 1 is 1.21 bits per heavy atom. The van der Waals surface area contributed by atoms with Crippen molar-refractivity contribution in [2.24, 2.45) is 12.5 Å². The van der Waals surface area contributed by atoms with Gasteiger partial charge in [-0.2, -0.15) is 5.10 Å². The number of hydrogen-bond acceptors (Lipinski definition) is 6. The highest BCUT2D eigenvalue weighted by Crippen LogP contribution is 2.44. The van der Waals surface area contributed by atoms with E-state index in [2.05, 4.69) is 75.4 Å². The Labute approximate surface area is 224 Å². The molecule has 5 rings (SSSR count). The van der Waals surface area contributed by atoms with E-state index in [1.807, 2.05) is 33.2 Å². The number of carbonyl (C=O) groups excluding carboxylic acids is 1. The van der Waals surface area contributed by atoms with E-state index in [0.29, 0.717) is 6.04 Å². The van der Waals surface area contributed by atoms with Gasteiger partial charge >= 0.3 is 5.97 Å². The number of carbonyl (C=O) groups is 1. The Morgan fingerprint density at radius 3 is 2.76 bits per heavy atom. The van der Waals surface area contributed by atoms with E-state index >= 15 is 0 Å². The molecular weight excluding hydrogens is 476 g/mol. The monoisotopic (exact) mass is 514 g/mol. The van der Waals surface area contributed by atoms with Gasteiger partial charge in [-0.3, -0.25) is 14.4 Å². The van der Waals surface area contributed by atoms with Crippen LogP contribution in [-0.4, -0.2) is 55.8 Å². The van der Waals surface area contributed by atoms with Crippen molar-refractivity contribution in [2.45, 2.75) is 59.0 Å². The van der Waals surface area contributed by atoms with Gasteiger partial charge < -0.3 is 4.74 Å². The Balaban J connectivity index is 1.53. The predicted octanol–water partition coefficient (Wildman–Crippen LogP) is 4.95. The van der Waals surface area contributed by atoms with Crippen molar-refractivity contribution in [1.82, 2.24) is 29.7 Å². The molecule has 0 N–H and O–H groups in total. The lowest BCUT2D eigenvalue weighted by Crippen LogP contribution is -2.36. The third-order valence-electron chi connectivity index (χ3n) is 8.30. The highest BCUT2D eigenvalue weighted by atomic mass is 16.5. The van der Waals surface area contributed by atoms with Crippen LogP contribution in [0.4, 0.5) is 0 Å². The molecule has 1 aliphatic heterocycles. The maximum Gasteiger partial charge on any atom is 0.312 e. The van der Waals surface area contributed by atoms with Gasteiger partial charge in [-0.1, -0.05) is 29.5 Å². The molecule has 3 heterocycles. The zero-order valence-electron chi connectivity index (χ0n) is 23.3. The number of hydrogen-bond donors (Lipinski definition) is 0. The van der Waals surface area contributed by atoms with E-state index in [0.717, 1.165) is 60.2 Å². The lowest BCUT2D eigenvalue weighted by atomic mass is 9.69. The van der Waals surface area contributed by atoms with Crippen molar-refractivity contribution >= 4 is 17.0 Å². The first-order chi connectivity index (χ1) is 18.2. The Hall–Kier alpha value is -3.52. The third kappa shape index (κ3) is 4.73. The second-order valence-corrected chi connectivity index (χ2v) is 11.2. The van der Waals surface area contributed by atoms with Crippen LogP contribution in [0.25, 0.3) is 11.0 Å². The zero-order chi connectivity index (χ0) is 27.0. The summed E-state index contributed by atoms with van der Waals surface area (Å²) in [6, 6.07) is 13.2. The van der Waals surface area contributed by atoms with Crippen LogP contribution in [0.5, 0.6) is 0 Å². The van der Waals surface area contributed by atoms with Crippen LogP contribution in [0.3, 0.4) is 0 Å². The molecule has 0 radical (unpaired) electrons. The minimum Gasteiger partial charge on any atom is -0.469 e. The van der Waals surface area contributed by atoms with E-state index in [4.69, 9.17) is 4.74 Å². The molecule has 0 amide bonds. The molecule has 2 aromatic heterocycles. The molecule has 1 fully saturated rings. The zero-order valence-corrected chi connectivity index (χ0v) is 23.3. The summed E-state index contributed by atoms with van der Waals surface area (Å²) in [7, 11) is 3.36. The van der Waals surface area contributed by atoms with E-state index in [9.17, 15) is 4.79 Å². The van der Waals surface area contributed by atoms with E-state index in [-0.39, 0.29) is 11.9 Å². The number of aromatic nitrogens is 5. The summed E-state index contributed by atoms with van der Waals surface area (Å²) in [6.07, 6.45) is 6.22. The Kier molecular flexibility index (Phi) is 7.09. The quantitative estimate of drug-likeness (QED) is 0.325. The van der Waals surface area contributed by atoms with Crippen molar-refractivity contribution in [3.8, 4) is 0 Å². The number of aryl methyl sites for hydroxylation is 3. The smallest absolute Gasteiger partial charge is 0.312 e. The van der Waals surface area contributed by atoms with Gasteiger partial charge in [0.25, 0.3) is 0 Å². The molecule has 0 bridgehead atoms. The molecule has 1 aliphatic rings. The molecule has 4 aromatic rings. The van der Waals surface area contributed by atoms with Crippen LogP contribution in [0.1, 0.15) is 66.5 Å². The molecule has 8 heteroatoms. The van der Waals surface area contributed by atoms with Crippen molar-refractivity contribution in [2.75, 3.05) is 20.2 Å². The van der Waals surface area contributed by atoms with Gasteiger partial charge in [0.2, 0.25) is 0 Å². The van der Waals surface area contributed by atoms with E-state index in [1.165, 1.54) is 18.2 Å². The molecule has 2 aromatic carbocycles. The molecule has 2 atom stereocenters. The molecule has 0 saturated carbocycles. The lowest BCUT2D eigenvalue weighted by molar-refractivity contribution is -0.151. The fraction of sp³-hybridized carbons (Fsp3) is 0.467. The number of ether oxygens (including phenoxy) is 1. The average Bonchev–Trinajstić information content (AvgIpc) is 3.58.